The Bertz CT molecular complexity index is 663. The predicted molar refractivity (Wildman–Crippen MR) is 81.6 cm³/mol. The Labute approximate surface area is 130 Å². The fraction of sp³-hybridized carbons (Fsp3) is 0.235. The molecule has 0 amide bonds. The van der Waals surface area contributed by atoms with Crippen LogP contribution < -0.4 is 9.47 Å². The van der Waals surface area contributed by atoms with E-state index in [4.69, 9.17) is 14.7 Å². The van der Waals surface area contributed by atoms with Crippen LogP contribution in [0, 0.1) is 10.2 Å². The molecule has 106 valence electrons. The minimum atomic E-state index is -0.0991. The minimum absolute atomic E-state index is 0.0505. The summed E-state index contributed by atoms with van der Waals surface area (Å²) in [6.45, 7) is 0. The van der Waals surface area contributed by atoms with Gasteiger partial charge in [-0.1, -0.05) is 0 Å². The second kappa shape index (κ2) is 6.22. The molecule has 4 heteroatoms. The number of nitriles is 1. The quantitative estimate of drug-likeness (QED) is 0.802. The Kier molecular flexibility index (Phi) is 4.15. The van der Waals surface area contributed by atoms with Crippen molar-refractivity contribution in [3.05, 3.63) is 59.7 Å². The number of benzene rings is 2. The average Bonchev–Trinajstić information content (AvgIpc) is 2.55. The van der Waals surface area contributed by atoms with E-state index in [9.17, 15) is 0 Å². The summed E-state index contributed by atoms with van der Waals surface area (Å²) < 4.78 is 11.4. The van der Waals surface area contributed by atoms with Gasteiger partial charge in [0, 0.05) is 0 Å². The maximum atomic E-state index is 9.12. The molecule has 0 bridgehead atoms. The molecule has 0 saturated carbocycles. The molecule has 0 fully saturated rings. The van der Waals surface area contributed by atoms with Gasteiger partial charge < -0.3 is 0 Å². The Hall–Kier alpha value is -1.95. The van der Waals surface area contributed by atoms with Crippen molar-refractivity contribution in [3.63, 3.8) is 0 Å². The van der Waals surface area contributed by atoms with Gasteiger partial charge in [-0.15, -0.1) is 0 Å². The van der Waals surface area contributed by atoms with E-state index >= 15 is 0 Å². The fourth-order valence-electron chi connectivity index (χ4n) is 2.57. The molecule has 2 atom stereocenters. The Morgan fingerprint density at radius 2 is 1.95 bits per heavy atom. The first kappa shape index (κ1) is 14.0. The summed E-state index contributed by atoms with van der Waals surface area (Å²) in [5.41, 5.74) is 2.30. The van der Waals surface area contributed by atoms with Crippen molar-refractivity contribution in [1.29, 1.82) is 5.26 Å². The van der Waals surface area contributed by atoms with Gasteiger partial charge in [0.15, 0.2) is 0 Å². The third-order valence-corrected chi connectivity index (χ3v) is 5.36. The summed E-state index contributed by atoms with van der Waals surface area (Å²) in [5.74, 6) is 1.76. The number of rotatable bonds is 3. The van der Waals surface area contributed by atoms with Crippen molar-refractivity contribution < 1.29 is 9.47 Å². The number of nitrogens with zero attached hydrogens (tertiary/aromatic N) is 1. The van der Waals surface area contributed by atoms with Gasteiger partial charge in [-0.2, -0.15) is 0 Å². The van der Waals surface area contributed by atoms with Gasteiger partial charge in [0.05, 0.1) is 0 Å². The van der Waals surface area contributed by atoms with E-state index in [0.717, 1.165) is 23.5 Å². The summed E-state index contributed by atoms with van der Waals surface area (Å²) in [4.78, 5) is 2.59. The molecule has 2 aromatic carbocycles. The Balaban J connectivity index is 1.93. The van der Waals surface area contributed by atoms with Crippen molar-refractivity contribution in [2.75, 3.05) is 7.11 Å². The van der Waals surface area contributed by atoms with Gasteiger partial charge in [-0.05, 0) is 0 Å². The number of hydrogen-bond donors (Lipinski definition) is 0. The Morgan fingerprint density at radius 3 is 2.67 bits per heavy atom. The zero-order chi connectivity index (χ0) is 14.7. The van der Waals surface area contributed by atoms with Crippen LogP contribution in [0.2, 0.25) is 4.82 Å². The fourth-order valence-corrected chi connectivity index (χ4v) is 4.11. The molecule has 21 heavy (non-hydrogen) atoms. The number of ether oxygens (including phenoxy) is 2. The SMILES string of the molecule is COc1ccc([C@@H]2Oc3ccccc3C[C@H]2[Se]C#N)cc1. The average molecular weight is 344 g/mol. The van der Waals surface area contributed by atoms with Crippen molar-refractivity contribution in [1.82, 2.24) is 0 Å². The zero-order valence-corrected chi connectivity index (χ0v) is 13.4. The molecule has 3 nitrogen and oxygen atoms in total. The number of fused-ring (bicyclic) bond motifs is 1. The summed E-state index contributed by atoms with van der Waals surface area (Å²) >= 11 is -0.0991. The van der Waals surface area contributed by atoms with Crippen molar-refractivity contribution in [3.8, 4) is 16.5 Å². The number of methoxy groups -OCH3 is 1. The second-order valence-corrected chi connectivity index (χ2v) is 7.02. The van der Waals surface area contributed by atoms with Gasteiger partial charge in [-0.3, -0.25) is 0 Å². The van der Waals surface area contributed by atoms with Crippen molar-refractivity contribution in [2.45, 2.75) is 17.3 Å². The van der Waals surface area contributed by atoms with Gasteiger partial charge in [0.1, 0.15) is 0 Å². The van der Waals surface area contributed by atoms with E-state index in [0.29, 0.717) is 0 Å². The van der Waals surface area contributed by atoms with E-state index in [1.165, 1.54) is 5.56 Å². The van der Waals surface area contributed by atoms with Crippen LogP contribution in [0.1, 0.15) is 17.2 Å². The number of hydrogen-bond acceptors (Lipinski definition) is 3. The maximum absolute atomic E-state index is 9.12. The molecule has 0 N–H and O–H groups in total. The van der Waals surface area contributed by atoms with E-state index < -0.39 is 0 Å². The van der Waals surface area contributed by atoms with E-state index in [1.54, 1.807) is 7.11 Å². The predicted octanol–water partition coefficient (Wildman–Crippen LogP) is 3.35. The third kappa shape index (κ3) is 2.90. The van der Waals surface area contributed by atoms with Crippen LogP contribution in [-0.4, -0.2) is 22.1 Å². The first-order valence-corrected chi connectivity index (χ1v) is 8.59. The summed E-state index contributed by atoms with van der Waals surface area (Å²) in [6, 6.07) is 16.0. The number of para-hydroxylation sites is 1. The van der Waals surface area contributed by atoms with Gasteiger partial charge in [0.25, 0.3) is 0 Å². The van der Waals surface area contributed by atoms with Gasteiger partial charge in [-0.25, -0.2) is 0 Å². The standard InChI is InChI=1S/C17H15NO2Se/c1-19-14-8-6-12(7-9-14)17-16(21-11-18)10-13-4-2-3-5-15(13)20-17/h2-9,16-17H,10H2,1H3/t16-,17+/m1/s1. The Morgan fingerprint density at radius 1 is 1.19 bits per heavy atom. The molecule has 1 heterocycles. The summed E-state index contributed by atoms with van der Waals surface area (Å²) in [5, 5.41) is 9.12. The van der Waals surface area contributed by atoms with Crippen LogP contribution in [0.3, 0.4) is 0 Å². The molecule has 0 aromatic heterocycles. The van der Waals surface area contributed by atoms with E-state index in [-0.39, 0.29) is 25.9 Å². The van der Waals surface area contributed by atoms with Gasteiger partial charge >= 0.3 is 130 Å². The molecule has 0 radical (unpaired) electrons. The van der Waals surface area contributed by atoms with Crippen LogP contribution in [-0.2, 0) is 6.42 Å². The second-order valence-electron chi connectivity index (χ2n) is 4.87. The van der Waals surface area contributed by atoms with Crippen LogP contribution in [0.15, 0.2) is 48.5 Å². The van der Waals surface area contributed by atoms with Crippen molar-refractivity contribution >= 4 is 15.0 Å². The molecule has 1 aliphatic rings. The van der Waals surface area contributed by atoms with E-state index in [1.807, 2.05) is 42.5 Å². The van der Waals surface area contributed by atoms with Crippen LogP contribution >= 0.6 is 0 Å². The molecule has 1 aliphatic heterocycles. The van der Waals surface area contributed by atoms with Crippen LogP contribution in [0.4, 0.5) is 0 Å². The summed E-state index contributed by atoms with van der Waals surface area (Å²) in [7, 11) is 1.66. The van der Waals surface area contributed by atoms with Crippen LogP contribution in [0.5, 0.6) is 11.5 Å². The van der Waals surface area contributed by atoms with Gasteiger partial charge in [0.2, 0.25) is 0 Å². The molecule has 0 spiro atoms. The molecular formula is C17H15NO2Se. The zero-order valence-electron chi connectivity index (χ0n) is 11.7. The first-order chi connectivity index (χ1) is 10.3. The van der Waals surface area contributed by atoms with Crippen LogP contribution in [0.25, 0.3) is 0 Å². The molecular weight excluding hydrogens is 329 g/mol. The molecule has 2 aromatic rings. The molecule has 3 rings (SSSR count). The summed E-state index contributed by atoms with van der Waals surface area (Å²) in [6.07, 6.45) is 0.853. The monoisotopic (exact) mass is 345 g/mol. The topological polar surface area (TPSA) is 42.2 Å². The van der Waals surface area contributed by atoms with E-state index in [2.05, 4.69) is 11.0 Å². The first-order valence-electron chi connectivity index (χ1n) is 6.75. The molecule has 0 aliphatic carbocycles. The molecule has 0 unspecified atom stereocenters. The van der Waals surface area contributed by atoms with Crippen molar-refractivity contribution in [2.24, 2.45) is 0 Å². The molecule has 0 saturated heterocycles. The third-order valence-electron chi connectivity index (χ3n) is 3.63. The normalized spacial score (nSPS) is 20.0.